The van der Waals surface area contributed by atoms with Gasteiger partial charge in [0.1, 0.15) is 30.5 Å². The zero-order valence-corrected chi connectivity index (χ0v) is 20.8. The van der Waals surface area contributed by atoms with Crippen LogP contribution in [0.25, 0.3) is 5.76 Å². The number of amides is 1. The van der Waals surface area contributed by atoms with E-state index in [1.54, 1.807) is 36.4 Å². The summed E-state index contributed by atoms with van der Waals surface area (Å²) in [4.78, 5) is 28.4. The zero-order valence-electron chi connectivity index (χ0n) is 20.8. The third kappa shape index (κ3) is 4.24. The SMILES string of the molecule is CCc1ccc(C2/C(=C(\O)c3cc(OC)ccc3OC)C(=O)C(=O)N2c2ccc3c(c2)OCCO3)cc1. The van der Waals surface area contributed by atoms with Gasteiger partial charge in [-0.25, -0.2) is 0 Å². The van der Waals surface area contributed by atoms with Crippen molar-refractivity contribution in [3.05, 3.63) is 82.9 Å². The van der Waals surface area contributed by atoms with Crippen LogP contribution in [-0.4, -0.2) is 44.2 Å². The molecule has 1 atom stereocenters. The number of hydrogen-bond acceptors (Lipinski definition) is 7. The van der Waals surface area contributed by atoms with Crippen LogP contribution in [0.2, 0.25) is 0 Å². The van der Waals surface area contributed by atoms with Crippen LogP contribution in [0.15, 0.2) is 66.2 Å². The molecule has 1 fully saturated rings. The number of methoxy groups -OCH3 is 2. The number of ketones is 1. The van der Waals surface area contributed by atoms with Crippen molar-refractivity contribution in [3.63, 3.8) is 0 Å². The van der Waals surface area contributed by atoms with Crippen molar-refractivity contribution in [2.24, 2.45) is 0 Å². The summed E-state index contributed by atoms with van der Waals surface area (Å²) in [6.07, 6.45) is 0.837. The smallest absolute Gasteiger partial charge is 0.300 e. The predicted molar refractivity (Wildman–Crippen MR) is 138 cm³/mol. The van der Waals surface area contributed by atoms with Gasteiger partial charge < -0.3 is 24.1 Å². The molecular weight excluding hydrogens is 474 g/mol. The molecule has 1 N–H and O–H groups in total. The Balaban J connectivity index is 1.72. The molecule has 1 amide bonds. The lowest BCUT2D eigenvalue weighted by Gasteiger charge is -2.27. The quantitative estimate of drug-likeness (QED) is 0.298. The molecule has 1 unspecified atom stereocenters. The first-order chi connectivity index (χ1) is 18.0. The zero-order chi connectivity index (χ0) is 26.1. The van der Waals surface area contributed by atoms with Crippen molar-refractivity contribution in [2.45, 2.75) is 19.4 Å². The fraction of sp³-hybridized carbons (Fsp3) is 0.241. The summed E-state index contributed by atoms with van der Waals surface area (Å²) >= 11 is 0. The summed E-state index contributed by atoms with van der Waals surface area (Å²) < 4.78 is 22.1. The highest BCUT2D eigenvalue weighted by Crippen LogP contribution is 2.45. The summed E-state index contributed by atoms with van der Waals surface area (Å²) in [7, 11) is 2.97. The Bertz CT molecular complexity index is 1390. The lowest BCUT2D eigenvalue weighted by molar-refractivity contribution is -0.132. The van der Waals surface area contributed by atoms with Crippen LogP contribution in [0.4, 0.5) is 5.69 Å². The fourth-order valence-electron chi connectivity index (χ4n) is 4.68. The first-order valence-corrected chi connectivity index (χ1v) is 12.0. The molecule has 8 heteroatoms. The minimum Gasteiger partial charge on any atom is -0.507 e. The molecule has 5 rings (SSSR count). The number of fused-ring (bicyclic) bond motifs is 1. The molecule has 8 nitrogen and oxygen atoms in total. The number of anilines is 1. The summed E-state index contributed by atoms with van der Waals surface area (Å²) in [6.45, 7) is 2.86. The minimum atomic E-state index is -0.885. The number of aryl methyl sites for hydroxylation is 1. The van der Waals surface area contributed by atoms with Crippen LogP contribution in [0, 0.1) is 0 Å². The maximum absolute atomic E-state index is 13.5. The molecule has 3 aromatic rings. The number of nitrogens with zero attached hydrogens (tertiary/aromatic N) is 1. The molecule has 3 aromatic carbocycles. The van der Waals surface area contributed by atoms with Crippen LogP contribution < -0.4 is 23.8 Å². The Morgan fingerprint density at radius 2 is 1.68 bits per heavy atom. The third-order valence-corrected chi connectivity index (χ3v) is 6.61. The fourth-order valence-corrected chi connectivity index (χ4v) is 4.68. The van der Waals surface area contributed by atoms with E-state index in [0.717, 1.165) is 12.0 Å². The standard InChI is InChI=1S/C29H27NO7/c1-4-17-5-7-18(8-6-17)26-25(27(31)21-16-20(34-2)10-12-22(21)35-3)28(32)29(33)30(26)19-9-11-23-24(15-19)37-14-13-36-23/h5-12,15-16,26,31H,4,13-14H2,1-3H3/b27-25+. The maximum Gasteiger partial charge on any atom is 0.300 e. The van der Waals surface area contributed by atoms with Gasteiger partial charge in [0.2, 0.25) is 0 Å². The topological polar surface area (TPSA) is 94.5 Å². The second-order valence-corrected chi connectivity index (χ2v) is 8.66. The van der Waals surface area contributed by atoms with Crippen LogP contribution >= 0.6 is 0 Å². The first-order valence-electron chi connectivity index (χ1n) is 12.0. The summed E-state index contributed by atoms with van der Waals surface area (Å²) in [5.41, 5.74) is 2.43. The highest BCUT2D eigenvalue weighted by atomic mass is 16.6. The molecule has 1 saturated heterocycles. The number of rotatable bonds is 6. The third-order valence-electron chi connectivity index (χ3n) is 6.61. The maximum atomic E-state index is 13.5. The molecule has 2 heterocycles. The van der Waals surface area contributed by atoms with Crippen molar-refractivity contribution in [1.29, 1.82) is 0 Å². The number of carbonyl (C=O) groups is 2. The van der Waals surface area contributed by atoms with Crippen molar-refractivity contribution in [3.8, 4) is 23.0 Å². The number of hydrogen-bond donors (Lipinski definition) is 1. The van der Waals surface area contributed by atoms with Gasteiger partial charge in [0.25, 0.3) is 11.7 Å². The van der Waals surface area contributed by atoms with E-state index < -0.39 is 17.7 Å². The molecule has 190 valence electrons. The average Bonchev–Trinajstić information content (AvgIpc) is 3.21. The van der Waals surface area contributed by atoms with Gasteiger partial charge in [-0.2, -0.15) is 0 Å². The minimum absolute atomic E-state index is 0.0457. The number of carbonyl (C=O) groups excluding carboxylic acids is 2. The Kier molecular flexibility index (Phi) is 6.48. The number of ether oxygens (including phenoxy) is 4. The van der Waals surface area contributed by atoms with Gasteiger partial charge in [-0.3, -0.25) is 14.5 Å². The van der Waals surface area contributed by atoms with Crippen molar-refractivity contribution in [2.75, 3.05) is 32.3 Å². The van der Waals surface area contributed by atoms with E-state index in [2.05, 4.69) is 0 Å². The Hall–Kier alpha value is -4.46. The Labute approximate surface area is 214 Å². The largest absolute Gasteiger partial charge is 0.507 e. The van der Waals surface area contributed by atoms with Crippen molar-refractivity contribution < 1.29 is 33.6 Å². The van der Waals surface area contributed by atoms with Crippen LogP contribution in [0.3, 0.4) is 0 Å². The molecule has 0 radical (unpaired) electrons. The predicted octanol–water partition coefficient (Wildman–Crippen LogP) is 4.66. The lowest BCUT2D eigenvalue weighted by Crippen LogP contribution is -2.29. The van der Waals surface area contributed by atoms with E-state index in [-0.39, 0.29) is 16.9 Å². The van der Waals surface area contributed by atoms with Gasteiger partial charge >= 0.3 is 0 Å². The van der Waals surface area contributed by atoms with Gasteiger partial charge in [-0.05, 0) is 47.9 Å². The number of aliphatic hydroxyl groups excluding tert-OH is 1. The average molecular weight is 502 g/mol. The monoisotopic (exact) mass is 501 g/mol. The first kappa shape index (κ1) is 24.2. The number of Topliss-reactive ketones (excluding diaryl/α,β-unsaturated/α-hetero) is 1. The van der Waals surface area contributed by atoms with Crippen LogP contribution in [-0.2, 0) is 16.0 Å². The van der Waals surface area contributed by atoms with Crippen LogP contribution in [0.5, 0.6) is 23.0 Å². The normalized spacial score (nSPS) is 18.1. The molecule has 37 heavy (non-hydrogen) atoms. The summed E-state index contributed by atoms with van der Waals surface area (Å²) in [5.74, 6) is -0.0573. The second-order valence-electron chi connectivity index (χ2n) is 8.66. The van der Waals surface area contributed by atoms with E-state index in [4.69, 9.17) is 18.9 Å². The molecule has 0 bridgehead atoms. The van der Waals surface area contributed by atoms with Gasteiger partial charge in [-0.1, -0.05) is 31.2 Å². The van der Waals surface area contributed by atoms with Crippen molar-refractivity contribution in [1.82, 2.24) is 0 Å². The highest BCUT2D eigenvalue weighted by molar-refractivity contribution is 6.51. The number of benzene rings is 3. The molecule has 2 aliphatic heterocycles. The Morgan fingerprint density at radius 3 is 2.35 bits per heavy atom. The van der Waals surface area contributed by atoms with Crippen molar-refractivity contribution >= 4 is 23.1 Å². The van der Waals surface area contributed by atoms with Gasteiger partial charge in [0, 0.05) is 11.8 Å². The number of aliphatic hydroxyl groups is 1. The molecule has 0 spiro atoms. The van der Waals surface area contributed by atoms with E-state index in [1.165, 1.54) is 19.1 Å². The molecule has 0 aliphatic carbocycles. The summed E-state index contributed by atoms with van der Waals surface area (Å²) in [6, 6.07) is 16.7. The van der Waals surface area contributed by atoms with E-state index in [0.29, 0.717) is 47.5 Å². The molecule has 0 saturated carbocycles. The van der Waals surface area contributed by atoms with Gasteiger partial charge in [0.15, 0.2) is 11.5 Å². The summed E-state index contributed by atoms with van der Waals surface area (Å²) in [5, 5.41) is 11.5. The lowest BCUT2D eigenvalue weighted by atomic mass is 9.94. The van der Waals surface area contributed by atoms with E-state index >= 15 is 0 Å². The van der Waals surface area contributed by atoms with Crippen LogP contribution in [0.1, 0.15) is 29.7 Å². The van der Waals surface area contributed by atoms with E-state index in [1.807, 2.05) is 31.2 Å². The Morgan fingerprint density at radius 1 is 0.946 bits per heavy atom. The highest BCUT2D eigenvalue weighted by Gasteiger charge is 2.47. The van der Waals surface area contributed by atoms with E-state index in [9.17, 15) is 14.7 Å². The van der Waals surface area contributed by atoms with Gasteiger partial charge in [-0.15, -0.1) is 0 Å². The molecule has 0 aromatic heterocycles. The second kappa shape index (κ2) is 9.89. The molecular formula is C29H27NO7. The molecule has 2 aliphatic rings. The van der Waals surface area contributed by atoms with Gasteiger partial charge in [0.05, 0.1) is 31.4 Å².